The highest BCUT2D eigenvalue weighted by Gasteiger charge is 2.26. The first-order chi connectivity index (χ1) is 19.2. The number of anilines is 1. The van der Waals surface area contributed by atoms with Gasteiger partial charge in [-0.25, -0.2) is 17.2 Å². The number of hydrogen-bond acceptors (Lipinski definition) is 6. The molecule has 2 aliphatic heterocycles. The van der Waals surface area contributed by atoms with Crippen molar-refractivity contribution < 1.29 is 22.3 Å². The quantitative estimate of drug-likeness (QED) is 0.314. The van der Waals surface area contributed by atoms with Gasteiger partial charge in [-0.15, -0.1) is 0 Å². The number of fused-ring (bicyclic) bond motifs is 1. The number of halogens is 3. The van der Waals surface area contributed by atoms with Crippen LogP contribution in [0.15, 0.2) is 103 Å². The number of para-hydroxylation sites is 1. The number of nitrogens with zero attached hydrogens (tertiary/aromatic N) is 2. The Balaban J connectivity index is 1.36. The molecule has 1 atom stereocenters. The van der Waals surface area contributed by atoms with E-state index in [1.54, 1.807) is 36.4 Å². The summed E-state index contributed by atoms with van der Waals surface area (Å²) in [6, 6.07) is 15.9. The van der Waals surface area contributed by atoms with Crippen LogP contribution in [0.1, 0.15) is 17.5 Å². The van der Waals surface area contributed by atoms with Gasteiger partial charge in [0, 0.05) is 52.7 Å². The van der Waals surface area contributed by atoms with E-state index in [1.165, 1.54) is 5.57 Å². The molecule has 3 N–H and O–H groups in total. The van der Waals surface area contributed by atoms with Crippen molar-refractivity contribution in [2.45, 2.75) is 17.9 Å². The molecule has 40 heavy (non-hydrogen) atoms. The molecule has 0 aromatic heterocycles. The second-order valence-corrected chi connectivity index (χ2v) is 11.9. The first-order valence-corrected chi connectivity index (χ1v) is 14.7. The fourth-order valence-corrected chi connectivity index (χ4v) is 6.31. The van der Waals surface area contributed by atoms with Gasteiger partial charge < -0.3 is 10.4 Å². The number of benzene rings is 3. The molecule has 3 aromatic rings. The number of allylic oxidation sites excluding steroid dienone is 2. The molecule has 3 aromatic carbocycles. The van der Waals surface area contributed by atoms with Gasteiger partial charge in [0.1, 0.15) is 17.4 Å². The third-order valence-corrected chi connectivity index (χ3v) is 8.65. The Bertz CT molecular complexity index is 1650. The van der Waals surface area contributed by atoms with Crippen LogP contribution in [-0.2, 0) is 16.6 Å². The number of aliphatic imine (C=N–C) groups is 2. The summed E-state index contributed by atoms with van der Waals surface area (Å²) in [4.78, 5) is 8.76. The maximum absolute atomic E-state index is 13.5. The summed E-state index contributed by atoms with van der Waals surface area (Å²) in [5, 5.41) is 13.9. The van der Waals surface area contributed by atoms with E-state index in [9.17, 15) is 22.3 Å². The maximum Gasteiger partial charge on any atom is 0.262 e. The second kappa shape index (κ2) is 11.7. The van der Waals surface area contributed by atoms with Gasteiger partial charge in [-0.3, -0.25) is 14.7 Å². The summed E-state index contributed by atoms with van der Waals surface area (Å²) in [5.74, 6) is -1.81. The fourth-order valence-electron chi connectivity index (χ4n) is 4.59. The van der Waals surface area contributed by atoms with Gasteiger partial charge in [-0.2, -0.15) is 0 Å². The molecule has 0 aliphatic carbocycles. The predicted octanol–water partition coefficient (Wildman–Crippen LogP) is 5.69. The van der Waals surface area contributed by atoms with Crippen molar-refractivity contribution in [2.75, 3.05) is 17.8 Å². The van der Waals surface area contributed by atoms with Gasteiger partial charge in [-0.1, -0.05) is 24.3 Å². The monoisotopic (exact) mass is 626 g/mol. The number of sulfonamides is 1. The van der Waals surface area contributed by atoms with Crippen LogP contribution in [-0.4, -0.2) is 38.5 Å². The molecule has 0 amide bonds. The molecular formula is C29H25BrF2N4O3S. The number of dihydropyridines is 1. The van der Waals surface area contributed by atoms with E-state index >= 15 is 0 Å². The van der Waals surface area contributed by atoms with E-state index in [-0.39, 0.29) is 17.4 Å². The number of phenols is 1. The molecule has 0 fully saturated rings. The molecule has 2 heterocycles. The molecule has 7 nitrogen and oxygen atoms in total. The van der Waals surface area contributed by atoms with E-state index in [1.807, 2.05) is 24.4 Å². The number of aromatic hydroxyl groups is 1. The molecule has 1 unspecified atom stereocenters. The average molecular weight is 628 g/mol. The summed E-state index contributed by atoms with van der Waals surface area (Å²) in [7, 11) is -4.17. The second-order valence-electron chi connectivity index (χ2n) is 9.31. The van der Waals surface area contributed by atoms with Gasteiger partial charge in [0.15, 0.2) is 0 Å². The molecule has 2 aliphatic rings. The zero-order chi connectivity index (χ0) is 28.3. The highest BCUT2D eigenvalue weighted by atomic mass is 79.9. The van der Waals surface area contributed by atoms with Gasteiger partial charge in [0.25, 0.3) is 10.0 Å². The highest BCUT2D eigenvalue weighted by Crippen LogP contribution is 2.33. The van der Waals surface area contributed by atoms with Crippen LogP contribution in [0.5, 0.6) is 5.75 Å². The number of nitrogens with one attached hydrogen (secondary N) is 2. The Kier molecular flexibility index (Phi) is 8.13. The van der Waals surface area contributed by atoms with Crippen molar-refractivity contribution in [1.29, 1.82) is 0 Å². The average Bonchev–Trinajstić information content (AvgIpc) is 2.90. The van der Waals surface area contributed by atoms with Crippen LogP contribution in [0.25, 0.3) is 0 Å². The van der Waals surface area contributed by atoms with E-state index in [2.05, 4.69) is 31.0 Å². The smallest absolute Gasteiger partial charge is 0.262 e. The van der Waals surface area contributed by atoms with Crippen molar-refractivity contribution in [2.24, 2.45) is 15.9 Å². The molecule has 0 radical (unpaired) electrons. The Morgan fingerprint density at radius 2 is 1.75 bits per heavy atom. The molecule has 0 spiro atoms. The summed E-state index contributed by atoms with van der Waals surface area (Å²) in [5.41, 5.74) is 4.51. The third-order valence-electron chi connectivity index (χ3n) is 6.58. The first-order valence-electron chi connectivity index (χ1n) is 12.4. The van der Waals surface area contributed by atoms with Crippen LogP contribution < -0.4 is 10.0 Å². The van der Waals surface area contributed by atoms with Crippen molar-refractivity contribution in [3.8, 4) is 5.75 Å². The minimum atomic E-state index is -4.17. The lowest BCUT2D eigenvalue weighted by atomic mass is 9.88. The SMILES string of the molecule is O=S(=O)(Nc1ccc(CNC2=CC(c3ccccc3O)=NCCC3=C(Br)C=NCC23)cc1)c1cc(F)cc(F)c1. The van der Waals surface area contributed by atoms with E-state index in [4.69, 9.17) is 4.99 Å². The summed E-state index contributed by atoms with van der Waals surface area (Å²) in [6.45, 7) is 1.56. The number of hydrogen-bond donors (Lipinski definition) is 3. The van der Waals surface area contributed by atoms with Crippen molar-refractivity contribution >= 4 is 43.6 Å². The molecule has 0 saturated carbocycles. The molecule has 0 saturated heterocycles. The van der Waals surface area contributed by atoms with Crippen molar-refractivity contribution in [1.82, 2.24) is 5.32 Å². The van der Waals surface area contributed by atoms with E-state index in [0.717, 1.165) is 34.3 Å². The summed E-state index contributed by atoms with van der Waals surface area (Å²) >= 11 is 3.63. The maximum atomic E-state index is 13.5. The lowest BCUT2D eigenvalue weighted by Gasteiger charge is -2.28. The Morgan fingerprint density at radius 3 is 2.48 bits per heavy atom. The van der Waals surface area contributed by atoms with Gasteiger partial charge in [-0.05, 0) is 76.0 Å². The lowest BCUT2D eigenvalue weighted by Crippen LogP contribution is -2.28. The minimum Gasteiger partial charge on any atom is -0.507 e. The minimum absolute atomic E-state index is 0.00604. The summed E-state index contributed by atoms with van der Waals surface area (Å²) in [6.07, 6.45) is 4.49. The molecule has 5 rings (SSSR count). The van der Waals surface area contributed by atoms with E-state index in [0.29, 0.717) is 37.0 Å². The molecule has 206 valence electrons. The molecule has 0 bridgehead atoms. The normalized spacial score (nSPS) is 17.3. The standard InChI is InChI=1S/C29H25BrF2N4O3S/c30-26-17-33-16-25-23(26)9-10-34-27(24-3-1-2-4-29(24)37)14-28(25)35-15-18-5-7-21(8-6-18)36-40(38,39)22-12-19(31)11-20(32)13-22/h1-8,11-14,17,25,35-37H,9-10,15-16H2. The topological polar surface area (TPSA) is 103 Å². The molecule has 11 heteroatoms. The van der Waals surface area contributed by atoms with Crippen LogP contribution in [0, 0.1) is 17.6 Å². The largest absolute Gasteiger partial charge is 0.507 e. The molecular weight excluding hydrogens is 602 g/mol. The highest BCUT2D eigenvalue weighted by molar-refractivity contribution is 9.12. The van der Waals surface area contributed by atoms with Crippen molar-refractivity contribution in [3.63, 3.8) is 0 Å². The van der Waals surface area contributed by atoms with Crippen LogP contribution in [0.3, 0.4) is 0 Å². The first kappa shape index (κ1) is 27.7. The van der Waals surface area contributed by atoms with Crippen molar-refractivity contribution in [3.05, 3.63) is 111 Å². The zero-order valence-electron chi connectivity index (χ0n) is 21.1. The predicted molar refractivity (Wildman–Crippen MR) is 155 cm³/mol. The lowest BCUT2D eigenvalue weighted by molar-refractivity contribution is 0.474. The number of phenolic OH excluding ortho intramolecular Hbond substituents is 1. The Morgan fingerprint density at radius 1 is 1.02 bits per heavy atom. The van der Waals surface area contributed by atoms with Gasteiger partial charge >= 0.3 is 0 Å². The Hall–Kier alpha value is -3.83. The van der Waals surface area contributed by atoms with Crippen LogP contribution in [0.4, 0.5) is 14.5 Å². The third kappa shape index (κ3) is 6.31. The number of rotatable bonds is 7. The zero-order valence-corrected chi connectivity index (χ0v) is 23.5. The van der Waals surface area contributed by atoms with Gasteiger partial charge in [0.2, 0.25) is 0 Å². The Labute approximate surface area is 239 Å². The summed E-state index contributed by atoms with van der Waals surface area (Å²) < 4.78 is 55.5. The fraction of sp³-hybridized carbons (Fsp3) is 0.172. The van der Waals surface area contributed by atoms with Crippen LogP contribution in [0.2, 0.25) is 0 Å². The van der Waals surface area contributed by atoms with Crippen LogP contribution >= 0.6 is 15.9 Å². The van der Waals surface area contributed by atoms with E-state index < -0.39 is 26.6 Å². The van der Waals surface area contributed by atoms with Gasteiger partial charge in [0.05, 0.1) is 17.2 Å².